The molecule has 0 radical (unpaired) electrons. The number of phenolic OH excluding ortho intramolecular Hbond substituents is 1. The van der Waals surface area contributed by atoms with Gasteiger partial charge in [-0.15, -0.1) is 6.58 Å². The molecular formula is C19H18O4. The molecule has 2 aliphatic heterocycles. The van der Waals surface area contributed by atoms with E-state index >= 15 is 0 Å². The summed E-state index contributed by atoms with van der Waals surface area (Å²) < 4.78 is 16.9. The maximum absolute atomic E-state index is 10.1. The van der Waals surface area contributed by atoms with Crippen molar-refractivity contribution in [1.82, 2.24) is 0 Å². The summed E-state index contributed by atoms with van der Waals surface area (Å²) in [6, 6.07) is 9.62. The summed E-state index contributed by atoms with van der Waals surface area (Å²) in [5, 5.41) is 10.1. The zero-order valence-corrected chi connectivity index (χ0v) is 12.9. The Bertz CT molecular complexity index is 781. The molecule has 0 aliphatic carbocycles. The molecule has 2 aromatic carbocycles. The maximum atomic E-state index is 10.1. The van der Waals surface area contributed by atoms with Gasteiger partial charge < -0.3 is 19.3 Å². The van der Waals surface area contributed by atoms with Crippen molar-refractivity contribution in [2.75, 3.05) is 6.79 Å². The fraction of sp³-hybridized carbons (Fsp3) is 0.263. The molecule has 0 unspecified atom stereocenters. The van der Waals surface area contributed by atoms with Gasteiger partial charge in [-0.25, -0.2) is 0 Å². The number of aromatic hydroxyl groups is 1. The molecule has 4 heteroatoms. The van der Waals surface area contributed by atoms with Crippen molar-refractivity contribution >= 4 is 0 Å². The Morgan fingerprint density at radius 1 is 1.17 bits per heavy atom. The largest absolute Gasteiger partial charge is 0.508 e. The molecule has 1 N–H and O–H groups in total. The van der Waals surface area contributed by atoms with E-state index in [0.717, 1.165) is 33.9 Å². The minimum atomic E-state index is -0.0992. The fourth-order valence-electron chi connectivity index (χ4n) is 3.26. The Morgan fingerprint density at radius 3 is 2.83 bits per heavy atom. The van der Waals surface area contributed by atoms with Crippen LogP contribution in [-0.4, -0.2) is 11.9 Å². The summed E-state index contributed by atoms with van der Waals surface area (Å²) in [6.45, 7) is 6.13. The van der Waals surface area contributed by atoms with E-state index in [-0.39, 0.29) is 24.6 Å². The third-order valence-corrected chi connectivity index (χ3v) is 4.50. The van der Waals surface area contributed by atoms with Gasteiger partial charge in [-0.2, -0.15) is 0 Å². The summed E-state index contributed by atoms with van der Waals surface area (Å²) in [7, 11) is 0. The highest BCUT2D eigenvalue weighted by atomic mass is 16.7. The first kappa shape index (κ1) is 14.0. The molecule has 2 atom stereocenters. The van der Waals surface area contributed by atoms with Gasteiger partial charge in [0.1, 0.15) is 17.6 Å². The van der Waals surface area contributed by atoms with Crippen LogP contribution in [0.15, 0.2) is 43.0 Å². The van der Waals surface area contributed by atoms with Gasteiger partial charge in [-0.3, -0.25) is 0 Å². The van der Waals surface area contributed by atoms with Crippen LogP contribution < -0.4 is 14.2 Å². The quantitative estimate of drug-likeness (QED) is 0.868. The standard InChI is InChI=1S/C19H18O4/c1-3-4-12-7-14-11(2)19(23-17(14)9-15(12)20)13-5-6-16-18(8-13)22-10-21-16/h3,5-9,11,19-20H,1,4,10H2,2H3/t11-,19-/m1/s1. The Labute approximate surface area is 134 Å². The monoisotopic (exact) mass is 310 g/mol. The highest BCUT2D eigenvalue weighted by Gasteiger charge is 2.34. The van der Waals surface area contributed by atoms with Crippen LogP contribution in [-0.2, 0) is 6.42 Å². The highest BCUT2D eigenvalue weighted by Crippen LogP contribution is 2.49. The van der Waals surface area contributed by atoms with Crippen LogP contribution in [0.2, 0.25) is 0 Å². The van der Waals surface area contributed by atoms with Crippen molar-refractivity contribution in [1.29, 1.82) is 0 Å². The van der Waals surface area contributed by atoms with Crippen LogP contribution in [0.25, 0.3) is 0 Å². The highest BCUT2D eigenvalue weighted by molar-refractivity contribution is 5.53. The molecule has 2 aliphatic rings. The lowest BCUT2D eigenvalue weighted by Gasteiger charge is -2.16. The number of ether oxygens (including phenoxy) is 3. The van der Waals surface area contributed by atoms with Gasteiger partial charge in [0.25, 0.3) is 0 Å². The molecule has 4 rings (SSSR count). The fourth-order valence-corrected chi connectivity index (χ4v) is 3.26. The minimum Gasteiger partial charge on any atom is -0.508 e. The van der Waals surface area contributed by atoms with Crippen LogP contribution >= 0.6 is 0 Å². The van der Waals surface area contributed by atoms with E-state index in [9.17, 15) is 5.11 Å². The van der Waals surface area contributed by atoms with Crippen LogP contribution in [0.5, 0.6) is 23.0 Å². The lowest BCUT2D eigenvalue weighted by molar-refractivity contribution is 0.173. The Kier molecular flexibility index (Phi) is 3.18. The molecule has 118 valence electrons. The summed E-state index contributed by atoms with van der Waals surface area (Å²) in [4.78, 5) is 0. The lowest BCUT2D eigenvalue weighted by Crippen LogP contribution is -2.07. The van der Waals surface area contributed by atoms with Gasteiger partial charge in [-0.1, -0.05) is 19.1 Å². The first-order valence-electron chi connectivity index (χ1n) is 7.70. The van der Waals surface area contributed by atoms with Crippen molar-refractivity contribution in [3.05, 3.63) is 59.7 Å². The normalized spacial score (nSPS) is 20.9. The average molecular weight is 310 g/mol. The summed E-state index contributed by atoms with van der Waals surface area (Å²) >= 11 is 0. The number of hydrogen-bond acceptors (Lipinski definition) is 4. The molecule has 0 saturated carbocycles. The van der Waals surface area contributed by atoms with Gasteiger partial charge in [-0.05, 0) is 35.7 Å². The molecule has 0 fully saturated rings. The van der Waals surface area contributed by atoms with Gasteiger partial charge in [0.05, 0.1) is 0 Å². The Hall–Kier alpha value is -2.62. The van der Waals surface area contributed by atoms with E-state index in [1.807, 2.05) is 24.3 Å². The van der Waals surface area contributed by atoms with E-state index in [0.29, 0.717) is 6.42 Å². The van der Waals surface area contributed by atoms with Gasteiger partial charge in [0.15, 0.2) is 11.5 Å². The first-order chi connectivity index (χ1) is 11.2. The zero-order chi connectivity index (χ0) is 16.0. The second-order valence-electron chi connectivity index (χ2n) is 5.95. The average Bonchev–Trinajstić information content (AvgIpc) is 3.12. The van der Waals surface area contributed by atoms with Crippen LogP contribution in [0.4, 0.5) is 0 Å². The predicted octanol–water partition coefficient (Wildman–Crippen LogP) is 4.09. The first-order valence-corrected chi connectivity index (χ1v) is 7.70. The zero-order valence-electron chi connectivity index (χ0n) is 12.9. The van der Waals surface area contributed by atoms with E-state index in [4.69, 9.17) is 14.2 Å². The van der Waals surface area contributed by atoms with Gasteiger partial charge in [0.2, 0.25) is 6.79 Å². The molecular weight excluding hydrogens is 292 g/mol. The van der Waals surface area contributed by atoms with Crippen LogP contribution in [0, 0.1) is 0 Å². The maximum Gasteiger partial charge on any atom is 0.231 e. The van der Waals surface area contributed by atoms with Crippen LogP contribution in [0.3, 0.4) is 0 Å². The smallest absolute Gasteiger partial charge is 0.231 e. The summed E-state index contributed by atoms with van der Waals surface area (Å²) in [5.74, 6) is 2.70. The van der Waals surface area contributed by atoms with Crippen molar-refractivity contribution < 1.29 is 19.3 Å². The number of hydrogen-bond donors (Lipinski definition) is 1. The van der Waals surface area contributed by atoms with Crippen molar-refractivity contribution in [3.8, 4) is 23.0 Å². The number of fused-ring (bicyclic) bond motifs is 2. The summed E-state index contributed by atoms with van der Waals surface area (Å²) in [5.41, 5.74) is 3.03. The van der Waals surface area contributed by atoms with Gasteiger partial charge >= 0.3 is 0 Å². The summed E-state index contributed by atoms with van der Waals surface area (Å²) in [6.07, 6.45) is 2.33. The van der Waals surface area contributed by atoms with Crippen molar-refractivity contribution in [2.24, 2.45) is 0 Å². The number of phenols is 1. The molecule has 0 amide bonds. The minimum absolute atomic E-state index is 0.0992. The predicted molar refractivity (Wildman–Crippen MR) is 86.4 cm³/mol. The van der Waals surface area contributed by atoms with E-state index < -0.39 is 0 Å². The second kappa shape index (κ2) is 5.23. The van der Waals surface area contributed by atoms with Crippen LogP contribution in [0.1, 0.15) is 35.6 Å². The SMILES string of the molecule is C=CCc1cc2c(cc1O)O[C@@H](c1ccc3c(c1)OCO3)[C@@H]2C. The Balaban J connectivity index is 1.69. The van der Waals surface area contributed by atoms with E-state index in [1.165, 1.54) is 0 Å². The number of allylic oxidation sites excluding steroid dienone is 1. The molecule has 23 heavy (non-hydrogen) atoms. The van der Waals surface area contributed by atoms with Crippen molar-refractivity contribution in [3.63, 3.8) is 0 Å². The molecule has 0 spiro atoms. The topological polar surface area (TPSA) is 47.9 Å². The molecule has 0 saturated heterocycles. The molecule has 0 aromatic heterocycles. The molecule has 4 nitrogen and oxygen atoms in total. The second-order valence-corrected chi connectivity index (χ2v) is 5.95. The third-order valence-electron chi connectivity index (χ3n) is 4.50. The van der Waals surface area contributed by atoms with E-state index in [2.05, 4.69) is 13.5 Å². The number of rotatable bonds is 3. The van der Waals surface area contributed by atoms with Crippen molar-refractivity contribution in [2.45, 2.75) is 25.4 Å². The van der Waals surface area contributed by atoms with E-state index in [1.54, 1.807) is 12.1 Å². The lowest BCUT2D eigenvalue weighted by atomic mass is 9.91. The third kappa shape index (κ3) is 2.22. The van der Waals surface area contributed by atoms with Gasteiger partial charge in [0, 0.05) is 17.5 Å². The number of benzene rings is 2. The molecule has 2 heterocycles. The molecule has 2 aromatic rings. The molecule has 0 bridgehead atoms. The Morgan fingerprint density at radius 2 is 2.00 bits per heavy atom.